The Morgan fingerprint density at radius 3 is 2.30 bits per heavy atom. The van der Waals surface area contributed by atoms with Gasteiger partial charge in [0, 0.05) is 6.42 Å². The van der Waals surface area contributed by atoms with E-state index in [4.69, 9.17) is 9.72 Å². The number of imidazole rings is 1. The number of nitrogens with zero attached hydrogens (tertiary/aromatic N) is 2. The molecule has 30 heavy (non-hydrogen) atoms. The average Bonchev–Trinajstić information content (AvgIpc) is 3.46. The fraction of sp³-hybridized carbons (Fsp3) is 0.200. The summed E-state index contributed by atoms with van der Waals surface area (Å²) in [6.07, 6.45) is 0.663. The lowest BCUT2D eigenvalue weighted by molar-refractivity contribution is -0.147. The van der Waals surface area contributed by atoms with Gasteiger partial charge in [-0.1, -0.05) is 72.8 Å². The number of fused-ring (bicyclic) bond motifs is 7. The van der Waals surface area contributed by atoms with Crippen molar-refractivity contribution in [3.05, 3.63) is 102 Å². The first-order valence-electron chi connectivity index (χ1n) is 10.1. The van der Waals surface area contributed by atoms with Crippen LogP contribution < -0.4 is 0 Å². The van der Waals surface area contributed by atoms with Crippen molar-refractivity contribution in [1.29, 1.82) is 0 Å². The molecule has 3 heterocycles. The van der Waals surface area contributed by atoms with E-state index in [2.05, 4.69) is 59.2 Å². The van der Waals surface area contributed by atoms with Gasteiger partial charge >= 0.3 is 5.97 Å². The summed E-state index contributed by atoms with van der Waals surface area (Å²) in [5, 5.41) is 0. The highest BCUT2D eigenvalue weighted by Crippen LogP contribution is 2.72. The topological polar surface area (TPSA) is 44.1 Å². The van der Waals surface area contributed by atoms with E-state index in [1.165, 1.54) is 12.7 Å². The van der Waals surface area contributed by atoms with Crippen molar-refractivity contribution in [3.8, 4) is 0 Å². The molecule has 1 saturated heterocycles. The molecule has 1 aromatic heterocycles. The van der Waals surface area contributed by atoms with E-state index in [0.717, 1.165) is 22.4 Å². The molecule has 4 aromatic rings. The molecule has 5 heteroatoms. The number of methoxy groups -OCH3 is 1. The molecule has 0 amide bonds. The molecule has 2 aliphatic heterocycles. The number of hydrogen-bond acceptors (Lipinski definition) is 4. The molecule has 0 radical (unpaired) electrons. The molecule has 148 valence electrons. The molecule has 4 nitrogen and oxygen atoms in total. The van der Waals surface area contributed by atoms with Crippen molar-refractivity contribution < 1.29 is 9.53 Å². The summed E-state index contributed by atoms with van der Waals surface area (Å²) in [5.74, 6) is 0.437. The van der Waals surface area contributed by atoms with Crippen LogP contribution in [0.3, 0.4) is 0 Å². The van der Waals surface area contributed by atoms with Gasteiger partial charge in [-0.25, -0.2) is 4.98 Å². The minimum Gasteiger partial charge on any atom is -0.469 e. The van der Waals surface area contributed by atoms with Gasteiger partial charge in [0.2, 0.25) is 0 Å². The zero-order valence-corrected chi connectivity index (χ0v) is 17.3. The van der Waals surface area contributed by atoms with Crippen LogP contribution in [0.4, 0.5) is 0 Å². The number of carbonyl (C=O) groups is 1. The van der Waals surface area contributed by atoms with Crippen LogP contribution in [-0.2, 0) is 19.1 Å². The normalized spacial score (nSPS) is 26.6. The first-order chi connectivity index (χ1) is 14.7. The lowest BCUT2D eigenvalue weighted by Crippen LogP contribution is -2.41. The highest BCUT2D eigenvalue weighted by atomic mass is 32.2. The van der Waals surface area contributed by atoms with Crippen LogP contribution in [0.1, 0.15) is 23.4 Å². The first-order valence-corrected chi connectivity index (χ1v) is 10.9. The second kappa shape index (κ2) is 6.22. The first kappa shape index (κ1) is 17.8. The van der Waals surface area contributed by atoms with E-state index in [0.29, 0.717) is 6.42 Å². The Morgan fingerprint density at radius 1 is 0.967 bits per heavy atom. The van der Waals surface area contributed by atoms with Crippen molar-refractivity contribution in [2.45, 2.75) is 16.0 Å². The number of carbonyl (C=O) groups excluding carboxylic acids is 1. The third-order valence-corrected chi connectivity index (χ3v) is 8.42. The Kier molecular flexibility index (Phi) is 3.69. The number of ether oxygens (including phenoxy) is 1. The van der Waals surface area contributed by atoms with Gasteiger partial charge in [0.1, 0.15) is 15.4 Å². The van der Waals surface area contributed by atoms with Gasteiger partial charge in [0.05, 0.1) is 24.1 Å². The standard InChI is InChI=1S/C25H20N2O2S/c1-29-22(28)19-16-24(17-10-4-2-5-11-17)27-21-15-9-8-14-20(21)26-23(27)25(19,30-24)18-12-6-3-7-13-18/h2-15,19H,16H2,1H3. The van der Waals surface area contributed by atoms with E-state index in [9.17, 15) is 4.79 Å². The largest absolute Gasteiger partial charge is 0.469 e. The molecule has 1 fully saturated rings. The molecule has 0 saturated carbocycles. The third-order valence-electron chi connectivity index (χ3n) is 6.47. The zero-order chi connectivity index (χ0) is 20.3. The van der Waals surface area contributed by atoms with E-state index >= 15 is 0 Å². The Labute approximate surface area is 178 Å². The lowest BCUT2D eigenvalue weighted by Gasteiger charge is -2.34. The summed E-state index contributed by atoms with van der Waals surface area (Å²) < 4.78 is 7.09. The number of thioether (sulfide) groups is 1. The lowest BCUT2D eigenvalue weighted by atomic mass is 9.77. The number of aromatic nitrogens is 2. The summed E-state index contributed by atoms with van der Waals surface area (Å²) in [4.78, 5) is 17.8. The molecular weight excluding hydrogens is 392 g/mol. The van der Waals surface area contributed by atoms with Crippen LogP contribution in [-0.4, -0.2) is 22.6 Å². The van der Waals surface area contributed by atoms with Crippen LogP contribution in [0, 0.1) is 5.92 Å². The SMILES string of the molecule is COC(=O)C1CC2(c3ccccc3)SC1(c1ccccc1)c1nc3ccccc3n12. The van der Waals surface area contributed by atoms with Crippen molar-refractivity contribution in [1.82, 2.24) is 9.55 Å². The third kappa shape index (κ3) is 2.08. The maximum Gasteiger partial charge on any atom is 0.311 e. The molecule has 3 aromatic carbocycles. The molecule has 0 N–H and O–H groups in total. The molecule has 2 aliphatic rings. The second-order valence-corrected chi connectivity index (χ2v) is 9.42. The summed E-state index contributed by atoms with van der Waals surface area (Å²) in [5.41, 5.74) is 4.34. The summed E-state index contributed by atoms with van der Waals surface area (Å²) in [6.45, 7) is 0. The molecule has 3 unspecified atom stereocenters. The van der Waals surface area contributed by atoms with Gasteiger partial charge < -0.3 is 9.30 Å². The molecule has 0 aliphatic carbocycles. The van der Waals surface area contributed by atoms with Crippen molar-refractivity contribution in [3.63, 3.8) is 0 Å². The van der Waals surface area contributed by atoms with Crippen molar-refractivity contribution >= 4 is 28.8 Å². The Bertz CT molecular complexity index is 1270. The number of rotatable bonds is 3. The number of hydrogen-bond donors (Lipinski definition) is 0. The minimum absolute atomic E-state index is 0.178. The van der Waals surface area contributed by atoms with Crippen LogP contribution in [0.25, 0.3) is 11.0 Å². The average molecular weight is 413 g/mol. The van der Waals surface area contributed by atoms with Crippen molar-refractivity contribution in [2.75, 3.05) is 7.11 Å². The van der Waals surface area contributed by atoms with E-state index in [1.54, 1.807) is 0 Å². The van der Waals surface area contributed by atoms with Crippen LogP contribution in [0.5, 0.6) is 0 Å². The summed E-state index contributed by atoms with van der Waals surface area (Å²) in [7, 11) is 1.48. The molecule has 3 atom stereocenters. The number of benzene rings is 3. The summed E-state index contributed by atoms with van der Waals surface area (Å²) in [6, 6.07) is 29.0. The second-order valence-electron chi connectivity index (χ2n) is 7.89. The van der Waals surface area contributed by atoms with Gasteiger partial charge in [-0.05, 0) is 23.3 Å². The monoisotopic (exact) mass is 412 g/mol. The Hall–Kier alpha value is -3.05. The molecule has 2 bridgehead atoms. The van der Waals surface area contributed by atoms with E-state index in [1.807, 2.05) is 42.1 Å². The van der Waals surface area contributed by atoms with E-state index < -0.39 is 9.62 Å². The van der Waals surface area contributed by atoms with Gasteiger partial charge in [0.15, 0.2) is 0 Å². The van der Waals surface area contributed by atoms with Gasteiger partial charge in [-0.3, -0.25) is 4.79 Å². The maximum atomic E-state index is 13.1. The fourth-order valence-electron chi connectivity index (χ4n) is 5.25. The summed E-state index contributed by atoms with van der Waals surface area (Å²) >= 11 is 1.83. The number of esters is 1. The molecule has 6 rings (SSSR count). The van der Waals surface area contributed by atoms with E-state index in [-0.39, 0.29) is 11.9 Å². The predicted molar refractivity (Wildman–Crippen MR) is 118 cm³/mol. The fourth-order valence-corrected chi connectivity index (χ4v) is 7.37. The van der Waals surface area contributed by atoms with Gasteiger partial charge in [-0.15, -0.1) is 11.8 Å². The van der Waals surface area contributed by atoms with Gasteiger partial charge in [-0.2, -0.15) is 0 Å². The molecule has 0 spiro atoms. The quantitative estimate of drug-likeness (QED) is 0.448. The highest BCUT2D eigenvalue weighted by molar-refractivity contribution is 8.02. The van der Waals surface area contributed by atoms with Gasteiger partial charge in [0.25, 0.3) is 0 Å². The smallest absolute Gasteiger partial charge is 0.311 e. The molecular formula is C25H20N2O2S. The number of para-hydroxylation sites is 2. The zero-order valence-electron chi connectivity index (χ0n) is 16.5. The Balaban J connectivity index is 1.74. The van der Waals surface area contributed by atoms with Crippen LogP contribution in [0.2, 0.25) is 0 Å². The van der Waals surface area contributed by atoms with Crippen molar-refractivity contribution in [2.24, 2.45) is 5.92 Å². The minimum atomic E-state index is -0.594. The maximum absolute atomic E-state index is 13.1. The van der Waals surface area contributed by atoms with Crippen LogP contribution in [0.15, 0.2) is 84.9 Å². The van der Waals surface area contributed by atoms with Crippen LogP contribution >= 0.6 is 11.8 Å². The highest BCUT2D eigenvalue weighted by Gasteiger charge is 2.69. The Morgan fingerprint density at radius 2 is 1.60 bits per heavy atom. The predicted octanol–water partition coefficient (Wildman–Crippen LogP) is 4.92.